The molecule has 2 rings (SSSR count). The SMILES string of the molecule is Cc1cc(NS(=O)(=O)c2c(C)cc(F)cc2C)no1. The van der Waals surface area contributed by atoms with Gasteiger partial charge >= 0.3 is 0 Å². The number of nitrogens with one attached hydrogen (secondary N) is 1. The Morgan fingerprint density at radius 1 is 1.16 bits per heavy atom. The normalized spacial score (nSPS) is 11.6. The van der Waals surface area contributed by atoms with E-state index in [1.54, 1.807) is 20.8 Å². The highest BCUT2D eigenvalue weighted by Gasteiger charge is 2.21. The summed E-state index contributed by atoms with van der Waals surface area (Å²) >= 11 is 0. The quantitative estimate of drug-likeness (QED) is 0.940. The van der Waals surface area contributed by atoms with Crippen LogP contribution in [-0.2, 0) is 10.0 Å². The summed E-state index contributed by atoms with van der Waals surface area (Å²) in [7, 11) is -3.82. The van der Waals surface area contributed by atoms with Crippen LogP contribution >= 0.6 is 0 Å². The molecule has 19 heavy (non-hydrogen) atoms. The third kappa shape index (κ3) is 2.76. The molecule has 2 aromatic rings. The van der Waals surface area contributed by atoms with Crippen molar-refractivity contribution < 1.29 is 17.3 Å². The second-order valence-electron chi connectivity index (χ2n) is 4.30. The third-order valence-corrected chi connectivity index (χ3v) is 4.22. The van der Waals surface area contributed by atoms with Crippen LogP contribution in [0.3, 0.4) is 0 Å². The molecule has 1 aromatic carbocycles. The molecule has 1 aromatic heterocycles. The first-order valence-corrected chi connectivity index (χ1v) is 7.01. The first-order chi connectivity index (χ1) is 8.79. The first kappa shape index (κ1) is 13.5. The van der Waals surface area contributed by atoms with Crippen molar-refractivity contribution in [3.8, 4) is 0 Å². The van der Waals surface area contributed by atoms with Gasteiger partial charge in [-0.1, -0.05) is 5.16 Å². The molecule has 0 unspecified atom stereocenters. The van der Waals surface area contributed by atoms with E-state index in [-0.39, 0.29) is 10.7 Å². The lowest BCUT2D eigenvalue weighted by molar-refractivity contribution is 0.400. The Bertz CT molecular complexity index is 699. The van der Waals surface area contributed by atoms with E-state index in [9.17, 15) is 12.8 Å². The molecule has 0 aliphatic heterocycles. The molecule has 0 saturated carbocycles. The van der Waals surface area contributed by atoms with Crippen molar-refractivity contribution in [3.05, 3.63) is 40.9 Å². The fourth-order valence-electron chi connectivity index (χ4n) is 1.92. The number of rotatable bonds is 3. The standard InChI is InChI=1S/C12H13FN2O3S/c1-7-4-10(13)5-8(2)12(7)19(16,17)15-11-6-9(3)18-14-11/h4-6H,1-3H3,(H,14,15). The van der Waals surface area contributed by atoms with Gasteiger partial charge in [0, 0.05) is 6.07 Å². The topological polar surface area (TPSA) is 72.2 Å². The Morgan fingerprint density at radius 2 is 1.74 bits per heavy atom. The third-order valence-electron chi connectivity index (χ3n) is 2.56. The Morgan fingerprint density at radius 3 is 2.21 bits per heavy atom. The van der Waals surface area contributed by atoms with Crippen LogP contribution in [0.1, 0.15) is 16.9 Å². The molecule has 5 nitrogen and oxygen atoms in total. The number of sulfonamides is 1. The maximum absolute atomic E-state index is 13.2. The Balaban J connectivity index is 2.45. The van der Waals surface area contributed by atoms with Crippen molar-refractivity contribution in [1.29, 1.82) is 0 Å². The largest absolute Gasteiger partial charge is 0.360 e. The number of aromatic nitrogens is 1. The summed E-state index contributed by atoms with van der Waals surface area (Å²) in [4.78, 5) is 0.0505. The summed E-state index contributed by atoms with van der Waals surface area (Å²) in [5.74, 6) is 0.122. The number of aryl methyl sites for hydroxylation is 3. The van der Waals surface area contributed by atoms with Crippen molar-refractivity contribution in [2.75, 3.05) is 4.72 Å². The van der Waals surface area contributed by atoms with Crippen LogP contribution in [0.25, 0.3) is 0 Å². The Hall–Kier alpha value is -1.89. The van der Waals surface area contributed by atoms with Crippen LogP contribution in [0.5, 0.6) is 0 Å². The minimum atomic E-state index is -3.82. The van der Waals surface area contributed by atoms with E-state index in [0.717, 1.165) is 0 Å². The summed E-state index contributed by atoms with van der Waals surface area (Å²) < 4.78 is 44.8. The summed E-state index contributed by atoms with van der Waals surface area (Å²) in [6.45, 7) is 4.73. The molecule has 0 aliphatic carbocycles. The van der Waals surface area contributed by atoms with Crippen LogP contribution in [0.4, 0.5) is 10.2 Å². The van der Waals surface area contributed by atoms with E-state index in [2.05, 4.69) is 9.88 Å². The number of nitrogens with zero attached hydrogens (tertiary/aromatic N) is 1. The van der Waals surface area contributed by atoms with E-state index in [4.69, 9.17) is 4.52 Å². The first-order valence-electron chi connectivity index (χ1n) is 5.52. The van der Waals surface area contributed by atoms with Gasteiger partial charge in [0.05, 0.1) is 4.90 Å². The second-order valence-corrected chi connectivity index (χ2v) is 5.92. The fourth-order valence-corrected chi connectivity index (χ4v) is 3.36. The molecule has 1 heterocycles. The molecule has 7 heteroatoms. The number of anilines is 1. The van der Waals surface area contributed by atoms with Crippen molar-refractivity contribution in [1.82, 2.24) is 5.16 Å². The summed E-state index contributed by atoms with van der Waals surface area (Å²) in [6, 6.07) is 3.82. The average molecular weight is 284 g/mol. The molecule has 0 bridgehead atoms. The highest BCUT2D eigenvalue weighted by molar-refractivity contribution is 7.92. The van der Waals surface area contributed by atoms with Crippen molar-refractivity contribution >= 4 is 15.8 Å². The number of hydrogen-bond acceptors (Lipinski definition) is 4. The van der Waals surface area contributed by atoms with Gasteiger partial charge in [-0.05, 0) is 44.0 Å². The van der Waals surface area contributed by atoms with Gasteiger partial charge in [0.25, 0.3) is 10.0 Å². The zero-order chi connectivity index (χ0) is 14.2. The molecule has 0 atom stereocenters. The van der Waals surface area contributed by atoms with Crippen molar-refractivity contribution in [2.45, 2.75) is 25.7 Å². The molecule has 102 valence electrons. The highest BCUT2D eigenvalue weighted by Crippen LogP contribution is 2.23. The van der Waals surface area contributed by atoms with E-state index < -0.39 is 15.8 Å². The Kier molecular flexibility index (Phi) is 3.32. The van der Waals surface area contributed by atoms with E-state index in [0.29, 0.717) is 16.9 Å². The summed E-state index contributed by atoms with van der Waals surface area (Å²) in [5.41, 5.74) is 0.676. The zero-order valence-corrected chi connectivity index (χ0v) is 11.5. The van der Waals surface area contributed by atoms with Gasteiger partial charge in [0.2, 0.25) is 0 Å². The molecule has 0 saturated heterocycles. The number of benzene rings is 1. The molecule has 0 spiro atoms. The molecular weight excluding hydrogens is 271 g/mol. The van der Waals surface area contributed by atoms with Gasteiger partial charge in [0.15, 0.2) is 5.82 Å². The molecule has 1 N–H and O–H groups in total. The van der Waals surface area contributed by atoms with E-state index in [1.165, 1.54) is 18.2 Å². The number of hydrogen-bond donors (Lipinski definition) is 1. The van der Waals surface area contributed by atoms with E-state index in [1.807, 2.05) is 0 Å². The zero-order valence-electron chi connectivity index (χ0n) is 10.7. The lowest BCUT2D eigenvalue weighted by Gasteiger charge is -2.11. The predicted octanol–water partition coefficient (Wildman–Crippen LogP) is 2.54. The van der Waals surface area contributed by atoms with Gasteiger partial charge in [-0.2, -0.15) is 0 Å². The van der Waals surface area contributed by atoms with E-state index >= 15 is 0 Å². The van der Waals surface area contributed by atoms with Gasteiger partial charge in [-0.15, -0.1) is 0 Å². The Labute approximate surface area is 110 Å². The van der Waals surface area contributed by atoms with Crippen LogP contribution < -0.4 is 4.72 Å². The second kappa shape index (κ2) is 4.65. The maximum Gasteiger partial charge on any atom is 0.263 e. The monoisotopic (exact) mass is 284 g/mol. The molecule has 0 radical (unpaired) electrons. The lowest BCUT2D eigenvalue weighted by Crippen LogP contribution is -2.16. The van der Waals surface area contributed by atoms with Crippen LogP contribution in [0.2, 0.25) is 0 Å². The number of halogens is 1. The smallest absolute Gasteiger partial charge is 0.263 e. The minimum Gasteiger partial charge on any atom is -0.360 e. The van der Waals surface area contributed by atoms with Crippen molar-refractivity contribution in [2.24, 2.45) is 0 Å². The van der Waals surface area contributed by atoms with Gasteiger partial charge in [-0.25, -0.2) is 12.8 Å². The summed E-state index contributed by atoms with van der Waals surface area (Å²) in [6.07, 6.45) is 0. The summed E-state index contributed by atoms with van der Waals surface area (Å²) in [5, 5.41) is 3.56. The highest BCUT2D eigenvalue weighted by atomic mass is 32.2. The molecular formula is C12H13FN2O3S. The van der Waals surface area contributed by atoms with Crippen molar-refractivity contribution in [3.63, 3.8) is 0 Å². The van der Waals surface area contributed by atoms with Gasteiger partial charge in [0.1, 0.15) is 11.6 Å². The lowest BCUT2D eigenvalue weighted by atomic mass is 10.1. The minimum absolute atomic E-state index is 0.0505. The average Bonchev–Trinajstić information content (AvgIpc) is 2.60. The molecule has 0 aliphatic rings. The fraction of sp³-hybridized carbons (Fsp3) is 0.250. The molecule has 0 fully saturated rings. The molecule has 0 amide bonds. The van der Waals surface area contributed by atoms with Crippen LogP contribution in [-0.4, -0.2) is 13.6 Å². The van der Waals surface area contributed by atoms with Gasteiger partial charge in [-0.3, -0.25) is 4.72 Å². The van der Waals surface area contributed by atoms with Crippen LogP contribution in [0, 0.1) is 26.6 Å². The predicted molar refractivity (Wildman–Crippen MR) is 67.9 cm³/mol. The van der Waals surface area contributed by atoms with Gasteiger partial charge < -0.3 is 4.52 Å². The van der Waals surface area contributed by atoms with Crippen LogP contribution in [0.15, 0.2) is 27.6 Å². The maximum atomic E-state index is 13.2.